The van der Waals surface area contributed by atoms with Gasteiger partial charge < -0.3 is 29.9 Å². The van der Waals surface area contributed by atoms with Crippen molar-refractivity contribution in [3.05, 3.63) is 82.9 Å². The summed E-state index contributed by atoms with van der Waals surface area (Å²) in [7, 11) is 7.42. The van der Waals surface area contributed by atoms with Crippen molar-refractivity contribution in [3.63, 3.8) is 0 Å². The molecule has 2 amide bonds. The normalized spacial score (nSPS) is 13.8. The molecule has 8 nitrogen and oxygen atoms in total. The highest BCUT2D eigenvalue weighted by atomic mass is 16.5. The molecule has 1 aliphatic rings. The van der Waals surface area contributed by atoms with E-state index in [0.717, 1.165) is 37.1 Å². The third-order valence-corrected chi connectivity index (χ3v) is 7.34. The zero-order chi connectivity index (χ0) is 28.1. The van der Waals surface area contributed by atoms with Crippen molar-refractivity contribution in [2.45, 2.75) is 32.4 Å². The van der Waals surface area contributed by atoms with Gasteiger partial charge >= 0.3 is 0 Å². The number of aryl methyl sites for hydroxylation is 1. The Bertz CT molecular complexity index is 1310. The lowest BCUT2D eigenvalue weighted by molar-refractivity contribution is 0.0663. The number of hydrogen-bond acceptors (Lipinski definition) is 6. The number of hydrogen-bond donors (Lipinski definition) is 1. The molecule has 8 heteroatoms. The van der Waals surface area contributed by atoms with E-state index >= 15 is 0 Å². The Balaban J connectivity index is 1.43. The third-order valence-electron chi connectivity index (χ3n) is 7.34. The van der Waals surface area contributed by atoms with Crippen molar-refractivity contribution in [2.24, 2.45) is 0 Å². The Morgan fingerprint density at radius 2 is 1.59 bits per heavy atom. The maximum atomic E-state index is 13.3. The average molecular weight is 531 g/mol. The number of nitrogens with zero attached hydrogens (tertiary/aromatic N) is 3. The molecule has 1 heterocycles. The van der Waals surface area contributed by atoms with Crippen molar-refractivity contribution in [3.8, 4) is 11.5 Å². The number of benzene rings is 3. The largest absolute Gasteiger partial charge is 0.495 e. The lowest BCUT2D eigenvalue weighted by Crippen LogP contribution is -2.44. The summed E-state index contributed by atoms with van der Waals surface area (Å²) in [5.41, 5.74) is 10.1. The number of methoxy groups -OCH3 is 1. The Hall–Kier alpha value is -4.04. The first-order valence-electron chi connectivity index (χ1n) is 13.2. The van der Waals surface area contributed by atoms with Gasteiger partial charge in [0.05, 0.1) is 18.5 Å². The quantitative estimate of drug-likeness (QED) is 0.428. The number of piperidine rings is 1. The molecule has 0 spiro atoms. The van der Waals surface area contributed by atoms with Crippen LogP contribution < -0.4 is 20.1 Å². The second-order valence-electron chi connectivity index (χ2n) is 10.3. The number of amides is 2. The molecular formula is C31H38N4O4. The maximum absolute atomic E-state index is 13.3. The number of rotatable bonds is 8. The van der Waals surface area contributed by atoms with Gasteiger partial charge in [0.15, 0.2) is 0 Å². The topological polar surface area (TPSA) is 88.3 Å². The lowest BCUT2D eigenvalue weighted by atomic mass is 10.0. The zero-order valence-corrected chi connectivity index (χ0v) is 23.4. The molecule has 0 bridgehead atoms. The van der Waals surface area contributed by atoms with Crippen LogP contribution in [0.5, 0.6) is 11.5 Å². The summed E-state index contributed by atoms with van der Waals surface area (Å²) < 4.78 is 11.5. The average Bonchev–Trinajstić information content (AvgIpc) is 2.95. The van der Waals surface area contributed by atoms with Crippen molar-refractivity contribution in [2.75, 3.05) is 52.0 Å². The molecule has 3 aromatic rings. The number of anilines is 2. The Morgan fingerprint density at radius 1 is 0.923 bits per heavy atom. The summed E-state index contributed by atoms with van der Waals surface area (Å²) in [4.78, 5) is 32.0. The molecule has 2 N–H and O–H groups in total. The van der Waals surface area contributed by atoms with Crippen molar-refractivity contribution in [1.29, 1.82) is 0 Å². The van der Waals surface area contributed by atoms with Gasteiger partial charge in [0.2, 0.25) is 0 Å². The Kier molecular flexibility index (Phi) is 8.76. The summed E-state index contributed by atoms with van der Waals surface area (Å²) >= 11 is 0. The highest BCUT2D eigenvalue weighted by Gasteiger charge is 2.24. The first kappa shape index (κ1) is 28.0. The Morgan fingerprint density at radius 3 is 2.23 bits per heavy atom. The minimum atomic E-state index is -0.209. The highest BCUT2D eigenvalue weighted by molar-refractivity contribution is 6.07. The molecule has 1 aliphatic heterocycles. The molecule has 4 rings (SSSR count). The minimum absolute atomic E-state index is 0.0695. The van der Waals surface area contributed by atoms with E-state index in [4.69, 9.17) is 15.2 Å². The fraction of sp³-hybridized carbons (Fsp3) is 0.355. The molecule has 0 atom stereocenters. The second-order valence-corrected chi connectivity index (χ2v) is 10.3. The number of ether oxygens (including phenoxy) is 2. The fourth-order valence-electron chi connectivity index (χ4n) is 4.83. The standard InChI is InChI=1S/C31H38N4O4/c1-21-6-13-27(34(4)30(36)24-11-12-26(32)28(19-24)38-5)29(18-21)39-20-22-7-9-23(10-8-22)31(37)35-16-14-25(15-17-35)33(2)3/h6-13,18-19,25H,14-17,20,32H2,1-5H3. The van der Waals surface area contributed by atoms with E-state index < -0.39 is 0 Å². The van der Waals surface area contributed by atoms with Crippen LogP contribution in [0.15, 0.2) is 60.7 Å². The van der Waals surface area contributed by atoms with E-state index in [1.807, 2.05) is 54.3 Å². The number of likely N-dealkylation sites (tertiary alicyclic amines) is 1. The van der Waals surface area contributed by atoms with Crippen LogP contribution in [0.4, 0.5) is 11.4 Å². The van der Waals surface area contributed by atoms with Crippen LogP contribution in [0.1, 0.15) is 44.7 Å². The lowest BCUT2D eigenvalue weighted by Gasteiger charge is -2.35. The predicted octanol–water partition coefficient (Wildman–Crippen LogP) is 4.61. The molecule has 0 aliphatic carbocycles. The van der Waals surface area contributed by atoms with E-state index in [9.17, 15) is 9.59 Å². The number of nitrogens with two attached hydrogens (primary N) is 1. The van der Waals surface area contributed by atoms with Gasteiger partial charge in [-0.1, -0.05) is 18.2 Å². The summed E-state index contributed by atoms with van der Waals surface area (Å²) in [6.45, 7) is 3.83. The summed E-state index contributed by atoms with van der Waals surface area (Å²) in [5, 5.41) is 0. The molecule has 1 fully saturated rings. The van der Waals surface area contributed by atoms with E-state index in [1.165, 1.54) is 7.11 Å². The monoisotopic (exact) mass is 530 g/mol. The molecule has 1 saturated heterocycles. The zero-order valence-electron chi connectivity index (χ0n) is 23.4. The molecule has 39 heavy (non-hydrogen) atoms. The van der Waals surface area contributed by atoms with Gasteiger partial charge in [0, 0.05) is 37.3 Å². The molecule has 0 aromatic heterocycles. The number of carbonyl (C=O) groups is 2. The van der Waals surface area contributed by atoms with E-state index in [2.05, 4.69) is 19.0 Å². The van der Waals surface area contributed by atoms with Crippen molar-refractivity contribution in [1.82, 2.24) is 9.80 Å². The first-order valence-corrected chi connectivity index (χ1v) is 13.2. The smallest absolute Gasteiger partial charge is 0.258 e. The third kappa shape index (κ3) is 6.52. The molecule has 3 aromatic carbocycles. The molecule has 206 valence electrons. The summed E-state index contributed by atoms with van der Waals surface area (Å²) in [6, 6.07) is 18.8. The van der Waals surface area contributed by atoms with Crippen LogP contribution in [0.2, 0.25) is 0 Å². The van der Waals surface area contributed by atoms with Crippen LogP contribution in [0, 0.1) is 6.92 Å². The first-order chi connectivity index (χ1) is 18.7. The Labute approximate surface area is 230 Å². The fourth-order valence-corrected chi connectivity index (χ4v) is 4.83. The molecule has 0 radical (unpaired) electrons. The van der Waals surface area contributed by atoms with Gasteiger partial charge in [-0.2, -0.15) is 0 Å². The van der Waals surface area contributed by atoms with Gasteiger partial charge in [0.1, 0.15) is 18.1 Å². The van der Waals surface area contributed by atoms with E-state index in [-0.39, 0.29) is 11.8 Å². The van der Waals surface area contributed by atoms with Crippen LogP contribution in [-0.4, -0.2) is 69.0 Å². The summed E-state index contributed by atoms with van der Waals surface area (Å²) in [6.07, 6.45) is 1.98. The highest BCUT2D eigenvalue weighted by Crippen LogP contribution is 2.32. The maximum Gasteiger partial charge on any atom is 0.258 e. The minimum Gasteiger partial charge on any atom is -0.495 e. The van der Waals surface area contributed by atoms with Crippen LogP contribution >= 0.6 is 0 Å². The second kappa shape index (κ2) is 12.2. The van der Waals surface area contributed by atoms with Gasteiger partial charge in [-0.3, -0.25) is 9.59 Å². The van der Waals surface area contributed by atoms with E-state index in [1.54, 1.807) is 30.1 Å². The van der Waals surface area contributed by atoms with E-state index in [0.29, 0.717) is 46.6 Å². The number of carbonyl (C=O) groups excluding carboxylic acids is 2. The summed E-state index contributed by atoms with van der Waals surface area (Å²) in [5.74, 6) is 0.909. The molecule has 0 unspecified atom stereocenters. The molecular weight excluding hydrogens is 492 g/mol. The number of nitrogen functional groups attached to an aromatic ring is 1. The van der Waals surface area contributed by atoms with Crippen LogP contribution in [0.25, 0.3) is 0 Å². The SMILES string of the molecule is COc1cc(C(=O)N(C)c2ccc(C)cc2OCc2ccc(C(=O)N3CCC(N(C)C)CC3)cc2)ccc1N. The van der Waals surface area contributed by atoms with Crippen LogP contribution in [0.3, 0.4) is 0 Å². The van der Waals surface area contributed by atoms with Crippen molar-refractivity contribution < 1.29 is 19.1 Å². The van der Waals surface area contributed by atoms with Gasteiger partial charge in [-0.15, -0.1) is 0 Å². The van der Waals surface area contributed by atoms with Crippen LogP contribution in [-0.2, 0) is 6.61 Å². The van der Waals surface area contributed by atoms with Gasteiger partial charge in [0.25, 0.3) is 11.8 Å². The molecule has 0 saturated carbocycles. The van der Waals surface area contributed by atoms with Gasteiger partial charge in [-0.05, 0) is 87.5 Å². The predicted molar refractivity (Wildman–Crippen MR) is 155 cm³/mol. The van der Waals surface area contributed by atoms with Gasteiger partial charge in [-0.25, -0.2) is 0 Å². The van der Waals surface area contributed by atoms with Crippen molar-refractivity contribution >= 4 is 23.2 Å².